The van der Waals surface area contributed by atoms with Crippen molar-refractivity contribution in [1.82, 2.24) is 19.6 Å². The zero-order valence-electron chi connectivity index (χ0n) is 34.9. The number of amides is 1. The summed E-state index contributed by atoms with van der Waals surface area (Å²) in [7, 11) is -4.59. The van der Waals surface area contributed by atoms with Gasteiger partial charge < -0.3 is 29.4 Å². The molecule has 2 aliphatic heterocycles. The molecule has 1 aliphatic carbocycles. The van der Waals surface area contributed by atoms with Gasteiger partial charge in [0.1, 0.15) is 22.8 Å². The highest BCUT2D eigenvalue weighted by Crippen LogP contribution is 2.43. The van der Waals surface area contributed by atoms with Gasteiger partial charge >= 0.3 is 0 Å². The fraction of sp³-hybridized carbons (Fsp3) is 0.378. The Morgan fingerprint density at radius 2 is 1.90 bits per heavy atom. The Kier molecular flexibility index (Phi) is 12.6. The number of H-pyrrole nitrogens is 1. The average molecular weight is 884 g/mol. The third kappa shape index (κ3) is 9.90. The molecule has 4 heterocycles. The van der Waals surface area contributed by atoms with E-state index in [-0.39, 0.29) is 41.1 Å². The summed E-state index contributed by atoms with van der Waals surface area (Å²) in [5, 5.41) is 16.5. The standard InChI is InChI=1S/C45H50ClN7O8S/c1-29-26-52(17-16-51(29)27-32-23-45(2,3)14-12-38(32)30-4-6-33(46)7-5-30)34-8-10-39(42(21-34)61-35-20-31-13-15-47-43(31)49-24-35)44(54)50-62(57,58)37-9-11-40(41(22-37)53(55)56)48-25-36-28-59-18-19-60-36/h4-11,13,15,20-22,24,29,36,48H,12,14,16-19,23,25-28H2,1-3H3,(H,47,49)(H,50,54)/t29-,36+/m0/s1. The Labute approximate surface area is 365 Å². The number of nitro groups is 1. The van der Waals surface area contributed by atoms with Crippen LogP contribution in [0.3, 0.4) is 0 Å². The van der Waals surface area contributed by atoms with Gasteiger partial charge in [0, 0.05) is 73.2 Å². The number of allylic oxidation sites excluding steroid dienone is 1. The molecule has 8 rings (SSSR count). The Hall–Kier alpha value is -5.52. The first-order chi connectivity index (χ1) is 29.7. The number of fused-ring (bicyclic) bond motifs is 1. The van der Waals surface area contributed by atoms with Crippen molar-refractivity contribution in [2.75, 3.05) is 62.8 Å². The second kappa shape index (κ2) is 18.1. The van der Waals surface area contributed by atoms with E-state index < -0.39 is 31.4 Å². The van der Waals surface area contributed by atoms with E-state index in [4.69, 9.17) is 25.8 Å². The van der Waals surface area contributed by atoms with Gasteiger partial charge in [0.25, 0.3) is 21.6 Å². The zero-order valence-corrected chi connectivity index (χ0v) is 36.4. The van der Waals surface area contributed by atoms with Crippen LogP contribution in [0, 0.1) is 15.5 Å². The smallest absolute Gasteiger partial charge is 0.293 e. The van der Waals surface area contributed by atoms with E-state index in [1.54, 1.807) is 24.4 Å². The van der Waals surface area contributed by atoms with Crippen LogP contribution in [0.15, 0.2) is 95.7 Å². The summed E-state index contributed by atoms with van der Waals surface area (Å²) in [6.07, 6.45) is 6.11. The Morgan fingerprint density at radius 3 is 2.66 bits per heavy atom. The second-order valence-electron chi connectivity index (χ2n) is 16.9. The van der Waals surface area contributed by atoms with Gasteiger partial charge in [0.15, 0.2) is 0 Å². The zero-order chi connectivity index (χ0) is 43.6. The summed E-state index contributed by atoms with van der Waals surface area (Å²) in [5.41, 5.74) is 5.32. The number of sulfonamides is 1. The number of anilines is 2. The molecule has 2 fully saturated rings. The van der Waals surface area contributed by atoms with Gasteiger partial charge in [0.05, 0.1) is 47.5 Å². The quantitative estimate of drug-likeness (QED) is 0.0766. The molecule has 3 N–H and O–H groups in total. The van der Waals surface area contributed by atoms with Gasteiger partial charge in [-0.2, -0.15) is 0 Å². The first kappa shape index (κ1) is 43.1. The molecule has 2 atom stereocenters. The molecule has 2 saturated heterocycles. The molecular formula is C45H50ClN7O8S. The highest BCUT2D eigenvalue weighted by atomic mass is 35.5. The number of carbonyl (C=O) groups is 1. The van der Waals surface area contributed by atoms with Gasteiger partial charge in [0.2, 0.25) is 0 Å². The molecule has 1 amide bonds. The van der Waals surface area contributed by atoms with Gasteiger partial charge in [-0.05, 0) is 91.3 Å². The van der Waals surface area contributed by atoms with Gasteiger partial charge in [-0.1, -0.05) is 43.2 Å². The maximum atomic E-state index is 13.9. The number of hydrogen-bond acceptors (Lipinski definition) is 12. The Balaban J connectivity index is 1.02. The van der Waals surface area contributed by atoms with Crippen molar-refractivity contribution in [3.8, 4) is 11.5 Å². The molecule has 0 spiro atoms. The first-order valence-corrected chi connectivity index (χ1v) is 22.6. The number of nitro benzene ring substituents is 1. The summed E-state index contributed by atoms with van der Waals surface area (Å²) in [6, 6.07) is 20.4. The van der Waals surface area contributed by atoms with E-state index in [9.17, 15) is 23.3 Å². The molecule has 3 aliphatic rings. The average Bonchev–Trinajstić information content (AvgIpc) is 3.72. The van der Waals surface area contributed by atoms with E-state index in [1.807, 2.05) is 18.2 Å². The number of nitrogens with one attached hydrogen (secondary N) is 3. The number of piperazine rings is 1. The molecule has 17 heteroatoms. The Bertz CT molecular complexity index is 2610. The third-order valence-corrected chi connectivity index (χ3v) is 13.4. The van der Waals surface area contributed by atoms with Crippen LogP contribution in [-0.2, 0) is 19.5 Å². The van der Waals surface area contributed by atoms with Crippen LogP contribution in [-0.4, -0.2) is 98.8 Å². The van der Waals surface area contributed by atoms with E-state index >= 15 is 0 Å². The number of nitrogens with zero attached hydrogens (tertiary/aromatic N) is 4. The predicted molar refractivity (Wildman–Crippen MR) is 239 cm³/mol. The molecule has 0 radical (unpaired) electrons. The number of aromatic amines is 1. The molecular weight excluding hydrogens is 834 g/mol. The third-order valence-electron chi connectivity index (χ3n) is 11.8. The van der Waals surface area contributed by atoms with E-state index in [0.29, 0.717) is 44.3 Å². The highest BCUT2D eigenvalue weighted by Gasteiger charge is 2.32. The minimum Gasteiger partial charge on any atom is -0.455 e. The van der Waals surface area contributed by atoms with Gasteiger partial charge in [-0.25, -0.2) is 18.1 Å². The minimum absolute atomic E-state index is 0.0535. The minimum atomic E-state index is -4.59. The molecule has 15 nitrogen and oxygen atoms in total. The highest BCUT2D eigenvalue weighted by molar-refractivity contribution is 7.90. The fourth-order valence-electron chi connectivity index (χ4n) is 8.45. The van der Waals surface area contributed by atoms with Crippen molar-refractivity contribution in [2.24, 2.45) is 5.41 Å². The van der Waals surface area contributed by atoms with Gasteiger partial charge in [-0.15, -0.1) is 0 Å². The second-order valence-corrected chi connectivity index (χ2v) is 19.0. The molecule has 2 aromatic heterocycles. The van der Waals surface area contributed by atoms with Crippen LogP contribution in [0.25, 0.3) is 16.6 Å². The lowest BCUT2D eigenvalue weighted by atomic mass is 9.72. The normalized spacial score (nSPS) is 19.6. The lowest BCUT2D eigenvalue weighted by Crippen LogP contribution is -2.52. The van der Waals surface area contributed by atoms with Crippen molar-refractivity contribution in [1.29, 1.82) is 0 Å². The number of carbonyl (C=O) groups excluding carboxylic acids is 1. The lowest BCUT2D eigenvalue weighted by Gasteiger charge is -2.43. The van der Waals surface area contributed by atoms with Gasteiger partial charge in [-0.3, -0.25) is 19.8 Å². The number of benzene rings is 3. The van der Waals surface area contributed by atoms with Crippen LogP contribution in [0.1, 0.15) is 56.0 Å². The summed E-state index contributed by atoms with van der Waals surface area (Å²) in [4.78, 5) is 37.1. The summed E-state index contributed by atoms with van der Waals surface area (Å²) < 4.78 is 46.8. The SMILES string of the molecule is C[C@H]1CN(c2ccc(C(=O)NS(=O)(=O)c3ccc(NC[C@@H]4COCCO4)c([N+](=O)[O-])c3)c(Oc3cnc4[nH]ccc4c3)c2)CCN1CC1=C(c2ccc(Cl)cc2)CCC(C)(C)C1. The number of pyridine rings is 1. The van der Waals surface area contributed by atoms with Crippen LogP contribution in [0.4, 0.5) is 17.1 Å². The van der Waals surface area contributed by atoms with Crippen molar-refractivity contribution in [3.63, 3.8) is 0 Å². The number of hydrogen-bond donors (Lipinski definition) is 3. The van der Waals surface area contributed by atoms with Crippen molar-refractivity contribution < 1.29 is 32.3 Å². The molecule has 0 bridgehead atoms. The molecule has 0 saturated carbocycles. The molecule has 326 valence electrons. The number of halogens is 1. The van der Waals surface area contributed by atoms with Crippen LogP contribution < -0.4 is 19.7 Å². The molecule has 0 unspecified atom stereocenters. The Morgan fingerprint density at radius 1 is 1.08 bits per heavy atom. The molecule has 3 aromatic carbocycles. The first-order valence-electron chi connectivity index (χ1n) is 20.7. The largest absolute Gasteiger partial charge is 0.455 e. The monoisotopic (exact) mass is 883 g/mol. The molecule has 5 aromatic rings. The van der Waals surface area contributed by atoms with E-state index in [2.05, 4.69) is 62.7 Å². The van der Waals surface area contributed by atoms with Crippen molar-refractivity contribution >= 4 is 61.2 Å². The summed E-state index contributed by atoms with van der Waals surface area (Å²) in [5.74, 6) is -0.517. The number of rotatable bonds is 13. The van der Waals surface area contributed by atoms with Crippen LogP contribution >= 0.6 is 11.6 Å². The number of ether oxygens (including phenoxy) is 3. The number of aromatic nitrogens is 2. The summed E-state index contributed by atoms with van der Waals surface area (Å²) >= 11 is 6.24. The van der Waals surface area contributed by atoms with Crippen molar-refractivity contribution in [2.45, 2.75) is 57.1 Å². The van der Waals surface area contributed by atoms with Crippen molar-refractivity contribution in [3.05, 3.63) is 117 Å². The van der Waals surface area contributed by atoms with E-state index in [1.165, 1.54) is 41.1 Å². The maximum Gasteiger partial charge on any atom is 0.293 e. The lowest BCUT2D eigenvalue weighted by molar-refractivity contribution is -0.384. The topological polar surface area (TPSA) is 181 Å². The predicted octanol–water partition coefficient (Wildman–Crippen LogP) is 8.04. The maximum absolute atomic E-state index is 13.9. The van der Waals surface area contributed by atoms with E-state index in [0.717, 1.165) is 54.5 Å². The van der Waals surface area contributed by atoms with Crippen LogP contribution in [0.5, 0.6) is 11.5 Å². The summed E-state index contributed by atoms with van der Waals surface area (Å²) in [6.45, 7) is 11.4. The molecule has 62 heavy (non-hydrogen) atoms. The fourth-order valence-corrected chi connectivity index (χ4v) is 9.56. The van der Waals surface area contributed by atoms with Crippen LogP contribution in [0.2, 0.25) is 5.02 Å².